The molecule has 0 spiro atoms. The van der Waals surface area contributed by atoms with Gasteiger partial charge in [-0.1, -0.05) is 0 Å². The molecule has 3 N–H and O–H groups in total. The predicted molar refractivity (Wildman–Crippen MR) is 64.8 cm³/mol. The topological polar surface area (TPSA) is 94.3 Å². The Hall–Kier alpha value is -1.15. The third-order valence-electron chi connectivity index (χ3n) is 2.38. The van der Waals surface area contributed by atoms with Crippen LogP contribution in [0.15, 0.2) is 9.98 Å². The van der Waals surface area contributed by atoms with E-state index in [9.17, 15) is 9.59 Å². The number of ether oxygens (including phenoxy) is 1. The van der Waals surface area contributed by atoms with E-state index in [2.05, 4.69) is 26.2 Å². The van der Waals surface area contributed by atoms with Crippen molar-refractivity contribution in [3.63, 3.8) is 0 Å². The van der Waals surface area contributed by atoms with Crippen molar-refractivity contribution < 1.29 is 14.3 Å². The molecular formula is C9H10BrN3O3S. The summed E-state index contributed by atoms with van der Waals surface area (Å²) in [5.41, 5.74) is 4.88. The first-order valence-electron chi connectivity index (χ1n) is 4.93. The van der Waals surface area contributed by atoms with Crippen LogP contribution in [0.3, 0.4) is 0 Å². The second-order valence-corrected chi connectivity index (χ2v) is 6.08. The van der Waals surface area contributed by atoms with Crippen molar-refractivity contribution in [2.75, 3.05) is 0 Å². The molecule has 92 valence electrons. The number of hydrogen-bond donors (Lipinski definition) is 2. The predicted octanol–water partition coefficient (Wildman–Crippen LogP) is 1.26. The van der Waals surface area contributed by atoms with Gasteiger partial charge in [-0.15, -0.1) is 11.3 Å². The Morgan fingerprint density at radius 2 is 2.29 bits per heavy atom. The molecule has 1 fully saturated rings. The maximum absolute atomic E-state index is 11.7. The molecular weight excluding hydrogens is 310 g/mol. The second kappa shape index (κ2) is 5.01. The molecule has 0 aromatic carbocycles. The number of primary amides is 1. The zero-order valence-electron chi connectivity index (χ0n) is 8.68. The number of amides is 2. The molecule has 0 atom stereocenters. The Balaban J connectivity index is 1.77. The summed E-state index contributed by atoms with van der Waals surface area (Å²) in [5, 5.41) is 3.22. The lowest BCUT2D eigenvalue weighted by molar-refractivity contribution is 0.0363. The first-order valence-corrected chi connectivity index (χ1v) is 6.54. The second-order valence-electron chi connectivity index (χ2n) is 3.67. The Bertz CT molecular complexity index is 444. The van der Waals surface area contributed by atoms with Gasteiger partial charge in [-0.25, -0.2) is 9.78 Å². The average Bonchev–Trinajstić information content (AvgIpc) is 2.60. The lowest BCUT2D eigenvalue weighted by Gasteiger charge is -2.34. The Morgan fingerprint density at radius 1 is 1.59 bits per heavy atom. The van der Waals surface area contributed by atoms with Crippen molar-refractivity contribution in [1.29, 1.82) is 0 Å². The van der Waals surface area contributed by atoms with Crippen LogP contribution in [0.4, 0.5) is 4.79 Å². The van der Waals surface area contributed by atoms with E-state index in [4.69, 9.17) is 10.5 Å². The zero-order chi connectivity index (χ0) is 12.4. The number of nitrogens with two attached hydrogens (primary N) is 1. The molecule has 2 amide bonds. The highest BCUT2D eigenvalue weighted by molar-refractivity contribution is 9.11. The number of carbonyl (C=O) groups is 2. The van der Waals surface area contributed by atoms with Gasteiger partial charge >= 0.3 is 6.09 Å². The number of nitrogens with one attached hydrogen (secondary N) is 1. The van der Waals surface area contributed by atoms with Crippen molar-refractivity contribution in [1.82, 2.24) is 10.3 Å². The summed E-state index contributed by atoms with van der Waals surface area (Å²) in [6, 6.07) is 0.0227. The highest BCUT2D eigenvalue weighted by atomic mass is 79.9. The van der Waals surface area contributed by atoms with Crippen LogP contribution in [0.2, 0.25) is 0 Å². The number of halogens is 1. The minimum Gasteiger partial charge on any atom is -0.446 e. The molecule has 0 unspecified atom stereocenters. The molecule has 1 aliphatic rings. The minimum atomic E-state index is -0.774. The van der Waals surface area contributed by atoms with Gasteiger partial charge in [0.05, 0.1) is 9.98 Å². The van der Waals surface area contributed by atoms with E-state index >= 15 is 0 Å². The third kappa shape index (κ3) is 3.16. The standard InChI is InChI=1S/C9H10BrN3O3S/c10-6-3-12-8(17-6)7(14)13-4-1-5(2-4)16-9(11)15/h3-5H,1-2H2,(H2,11,15)(H,13,14). The molecule has 1 saturated carbocycles. The lowest BCUT2D eigenvalue weighted by Crippen LogP contribution is -2.48. The van der Waals surface area contributed by atoms with Gasteiger partial charge in [0.2, 0.25) is 0 Å². The number of aromatic nitrogens is 1. The van der Waals surface area contributed by atoms with E-state index < -0.39 is 6.09 Å². The van der Waals surface area contributed by atoms with Crippen LogP contribution in [0.25, 0.3) is 0 Å². The summed E-state index contributed by atoms with van der Waals surface area (Å²) in [6.45, 7) is 0. The Labute approximate surface area is 110 Å². The summed E-state index contributed by atoms with van der Waals surface area (Å²) >= 11 is 4.51. The molecule has 17 heavy (non-hydrogen) atoms. The molecule has 0 aliphatic heterocycles. The molecule has 1 aromatic rings. The van der Waals surface area contributed by atoms with Gasteiger partial charge in [0.1, 0.15) is 6.10 Å². The fourth-order valence-corrected chi connectivity index (χ4v) is 2.66. The first-order chi connectivity index (χ1) is 8.04. The molecule has 2 rings (SSSR count). The average molecular weight is 320 g/mol. The quantitative estimate of drug-likeness (QED) is 0.877. The van der Waals surface area contributed by atoms with Crippen molar-refractivity contribution in [2.45, 2.75) is 25.0 Å². The van der Waals surface area contributed by atoms with Gasteiger partial charge in [0.15, 0.2) is 5.01 Å². The van der Waals surface area contributed by atoms with E-state index in [1.165, 1.54) is 11.3 Å². The smallest absolute Gasteiger partial charge is 0.404 e. The highest BCUT2D eigenvalue weighted by Crippen LogP contribution is 2.24. The van der Waals surface area contributed by atoms with E-state index in [1.54, 1.807) is 6.20 Å². The number of thiazole rings is 1. The minimum absolute atomic E-state index is 0.0227. The molecule has 1 aromatic heterocycles. The van der Waals surface area contributed by atoms with Gasteiger partial charge in [-0.3, -0.25) is 4.79 Å². The number of rotatable bonds is 3. The normalized spacial score (nSPS) is 22.6. The van der Waals surface area contributed by atoms with Crippen LogP contribution in [0, 0.1) is 0 Å². The van der Waals surface area contributed by atoms with E-state index in [1.807, 2.05) is 0 Å². The summed E-state index contributed by atoms with van der Waals surface area (Å²) in [5.74, 6) is -0.205. The molecule has 0 saturated heterocycles. The Morgan fingerprint density at radius 3 is 2.82 bits per heavy atom. The van der Waals surface area contributed by atoms with Crippen molar-refractivity contribution in [3.8, 4) is 0 Å². The van der Waals surface area contributed by atoms with Gasteiger partial charge in [0, 0.05) is 18.9 Å². The van der Waals surface area contributed by atoms with Gasteiger partial charge in [-0.05, 0) is 15.9 Å². The highest BCUT2D eigenvalue weighted by Gasteiger charge is 2.33. The monoisotopic (exact) mass is 319 g/mol. The zero-order valence-corrected chi connectivity index (χ0v) is 11.1. The van der Waals surface area contributed by atoms with Crippen molar-refractivity contribution >= 4 is 39.3 Å². The molecule has 1 heterocycles. The van der Waals surface area contributed by atoms with Crippen molar-refractivity contribution in [2.24, 2.45) is 5.73 Å². The van der Waals surface area contributed by atoms with Crippen LogP contribution < -0.4 is 11.1 Å². The van der Waals surface area contributed by atoms with Crippen LogP contribution in [-0.2, 0) is 4.74 Å². The summed E-state index contributed by atoms with van der Waals surface area (Å²) in [7, 11) is 0. The summed E-state index contributed by atoms with van der Waals surface area (Å²) < 4.78 is 5.59. The van der Waals surface area contributed by atoms with Gasteiger partial charge in [-0.2, -0.15) is 0 Å². The van der Waals surface area contributed by atoms with Crippen LogP contribution in [-0.4, -0.2) is 29.1 Å². The Kier molecular flexibility index (Phi) is 3.63. The van der Waals surface area contributed by atoms with E-state index in [0.717, 1.165) is 3.79 Å². The molecule has 1 aliphatic carbocycles. The summed E-state index contributed by atoms with van der Waals surface area (Å²) in [6.07, 6.45) is 1.83. The van der Waals surface area contributed by atoms with Crippen LogP contribution in [0.1, 0.15) is 22.6 Å². The lowest BCUT2D eigenvalue weighted by atomic mass is 9.89. The fraction of sp³-hybridized carbons (Fsp3) is 0.444. The number of carbonyl (C=O) groups excluding carboxylic acids is 2. The van der Waals surface area contributed by atoms with Crippen LogP contribution in [0.5, 0.6) is 0 Å². The van der Waals surface area contributed by atoms with E-state index in [0.29, 0.717) is 17.8 Å². The SMILES string of the molecule is NC(=O)OC1CC(NC(=O)c2ncc(Br)s2)C1. The van der Waals surface area contributed by atoms with Crippen molar-refractivity contribution in [3.05, 3.63) is 15.0 Å². The third-order valence-corrected chi connectivity index (χ3v) is 3.86. The number of hydrogen-bond acceptors (Lipinski definition) is 5. The van der Waals surface area contributed by atoms with Gasteiger partial charge < -0.3 is 15.8 Å². The fourth-order valence-electron chi connectivity index (χ4n) is 1.55. The molecule has 0 bridgehead atoms. The molecule has 6 nitrogen and oxygen atoms in total. The maximum atomic E-state index is 11.7. The largest absolute Gasteiger partial charge is 0.446 e. The van der Waals surface area contributed by atoms with E-state index in [-0.39, 0.29) is 18.1 Å². The maximum Gasteiger partial charge on any atom is 0.404 e. The van der Waals surface area contributed by atoms with Crippen LogP contribution >= 0.6 is 27.3 Å². The molecule has 8 heteroatoms. The van der Waals surface area contributed by atoms with Gasteiger partial charge in [0.25, 0.3) is 5.91 Å². The summed E-state index contributed by atoms with van der Waals surface area (Å²) in [4.78, 5) is 26.1. The number of nitrogens with zero attached hydrogens (tertiary/aromatic N) is 1. The molecule has 0 radical (unpaired) electrons. The first kappa shape index (κ1) is 12.3.